The summed E-state index contributed by atoms with van der Waals surface area (Å²) in [5.41, 5.74) is 1.15. The van der Waals surface area contributed by atoms with Crippen LogP contribution < -0.4 is 5.32 Å². The van der Waals surface area contributed by atoms with Gasteiger partial charge in [-0.25, -0.2) is 0 Å². The van der Waals surface area contributed by atoms with Crippen LogP contribution in [0.25, 0.3) is 0 Å². The van der Waals surface area contributed by atoms with E-state index in [0.29, 0.717) is 6.04 Å². The van der Waals surface area contributed by atoms with E-state index in [0.717, 1.165) is 18.2 Å². The quantitative estimate of drug-likeness (QED) is 0.819. The molecular weight excluding hydrogens is 184 g/mol. The van der Waals surface area contributed by atoms with Crippen LogP contribution in [0.4, 0.5) is 0 Å². The van der Waals surface area contributed by atoms with Gasteiger partial charge in [-0.15, -0.1) is 0 Å². The Labute approximate surface area is 92.1 Å². The van der Waals surface area contributed by atoms with Crippen molar-refractivity contribution in [1.29, 1.82) is 0 Å². The standard InChI is InChI=1S/C13H20N2/c1-11-6-2-3-8-13(11)15-10-12-7-4-5-9-14-12/h4-5,7,9,11,13,15H,2-3,6,8,10H2,1H3. The number of hydrogen-bond acceptors (Lipinski definition) is 2. The van der Waals surface area contributed by atoms with Gasteiger partial charge in [0, 0.05) is 18.8 Å². The van der Waals surface area contributed by atoms with Gasteiger partial charge in [0.25, 0.3) is 0 Å². The van der Waals surface area contributed by atoms with Crippen LogP contribution in [0.3, 0.4) is 0 Å². The molecule has 2 nitrogen and oxygen atoms in total. The first-order valence-electron chi connectivity index (χ1n) is 5.99. The molecule has 2 atom stereocenters. The van der Waals surface area contributed by atoms with E-state index >= 15 is 0 Å². The summed E-state index contributed by atoms with van der Waals surface area (Å²) >= 11 is 0. The molecule has 0 saturated heterocycles. The van der Waals surface area contributed by atoms with Crippen LogP contribution in [0.15, 0.2) is 24.4 Å². The molecule has 1 aliphatic rings. The zero-order valence-corrected chi connectivity index (χ0v) is 9.45. The molecule has 0 amide bonds. The molecule has 1 fully saturated rings. The lowest BCUT2D eigenvalue weighted by molar-refractivity contribution is 0.278. The SMILES string of the molecule is CC1CCCCC1NCc1ccccn1. The van der Waals surface area contributed by atoms with Gasteiger partial charge in [-0.05, 0) is 30.9 Å². The molecule has 1 aromatic heterocycles. The molecular formula is C13H20N2. The third kappa shape index (κ3) is 3.03. The van der Waals surface area contributed by atoms with E-state index < -0.39 is 0 Å². The van der Waals surface area contributed by atoms with Crippen molar-refractivity contribution in [1.82, 2.24) is 10.3 Å². The topological polar surface area (TPSA) is 24.9 Å². The third-order valence-corrected chi connectivity index (χ3v) is 3.38. The summed E-state index contributed by atoms with van der Waals surface area (Å²) in [6.07, 6.45) is 7.35. The summed E-state index contributed by atoms with van der Waals surface area (Å²) < 4.78 is 0. The molecule has 0 bridgehead atoms. The maximum Gasteiger partial charge on any atom is 0.0541 e. The van der Waals surface area contributed by atoms with E-state index in [1.807, 2.05) is 18.3 Å². The fourth-order valence-corrected chi connectivity index (χ4v) is 2.36. The van der Waals surface area contributed by atoms with Crippen LogP contribution in [0, 0.1) is 5.92 Å². The lowest BCUT2D eigenvalue weighted by Gasteiger charge is -2.29. The summed E-state index contributed by atoms with van der Waals surface area (Å²) in [5.74, 6) is 0.822. The molecule has 15 heavy (non-hydrogen) atoms. The van der Waals surface area contributed by atoms with Gasteiger partial charge in [-0.2, -0.15) is 0 Å². The third-order valence-electron chi connectivity index (χ3n) is 3.38. The number of nitrogens with zero attached hydrogens (tertiary/aromatic N) is 1. The van der Waals surface area contributed by atoms with Gasteiger partial charge in [0.1, 0.15) is 0 Å². The molecule has 1 aromatic rings. The average Bonchev–Trinajstić information content (AvgIpc) is 2.29. The van der Waals surface area contributed by atoms with Crippen LogP contribution in [0.5, 0.6) is 0 Å². The number of pyridine rings is 1. The van der Waals surface area contributed by atoms with Crippen molar-refractivity contribution in [2.75, 3.05) is 0 Å². The molecule has 2 rings (SSSR count). The van der Waals surface area contributed by atoms with Gasteiger partial charge in [0.15, 0.2) is 0 Å². The predicted molar refractivity (Wildman–Crippen MR) is 62.5 cm³/mol. The van der Waals surface area contributed by atoms with Gasteiger partial charge in [-0.1, -0.05) is 25.8 Å². The zero-order chi connectivity index (χ0) is 10.5. The van der Waals surface area contributed by atoms with Crippen molar-refractivity contribution < 1.29 is 0 Å². The second kappa shape index (κ2) is 5.26. The summed E-state index contributed by atoms with van der Waals surface area (Å²) in [5, 5.41) is 3.63. The van der Waals surface area contributed by atoms with Gasteiger partial charge in [0.2, 0.25) is 0 Å². The van der Waals surface area contributed by atoms with Crippen molar-refractivity contribution in [2.24, 2.45) is 5.92 Å². The van der Waals surface area contributed by atoms with Crippen LogP contribution >= 0.6 is 0 Å². The Morgan fingerprint density at radius 1 is 1.33 bits per heavy atom. The maximum absolute atomic E-state index is 4.33. The highest BCUT2D eigenvalue weighted by atomic mass is 14.9. The minimum absolute atomic E-state index is 0.695. The Hall–Kier alpha value is -0.890. The Balaban J connectivity index is 1.82. The Morgan fingerprint density at radius 3 is 2.93 bits per heavy atom. The van der Waals surface area contributed by atoms with E-state index in [4.69, 9.17) is 0 Å². The highest BCUT2D eigenvalue weighted by molar-refractivity contribution is 5.03. The van der Waals surface area contributed by atoms with Crippen molar-refractivity contribution in [3.8, 4) is 0 Å². The predicted octanol–water partition coefficient (Wildman–Crippen LogP) is 2.75. The fourth-order valence-electron chi connectivity index (χ4n) is 2.36. The van der Waals surface area contributed by atoms with E-state index in [1.54, 1.807) is 0 Å². The van der Waals surface area contributed by atoms with Crippen molar-refractivity contribution in [2.45, 2.75) is 45.2 Å². The fraction of sp³-hybridized carbons (Fsp3) is 0.615. The van der Waals surface area contributed by atoms with Crippen LogP contribution in [0.2, 0.25) is 0 Å². The van der Waals surface area contributed by atoms with Gasteiger partial charge >= 0.3 is 0 Å². The average molecular weight is 204 g/mol. The molecule has 82 valence electrons. The highest BCUT2D eigenvalue weighted by Crippen LogP contribution is 2.23. The minimum atomic E-state index is 0.695. The molecule has 1 heterocycles. The summed E-state index contributed by atoms with van der Waals surface area (Å²) in [6.45, 7) is 3.27. The summed E-state index contributed by atoms with van der Waals surface area (Å²) in [6, 6.07) is 6.79. The van der Waals surface area contributed by atoms with Gasteiger partial charge in [0.05, 0.1) is 5.69 Å². The molecule has 2 unspecified atom stereocenters. The molecule has 2 heteroatoms. The van der Waals surface area contributed by atoms with Crippen LogP contribution in [-0.4, -0.2) is 11.0 Å². The van der Waals surface area contributed by atoms with Crippen molar-refractivity contribution in [3.05, 3.63) is 30.1 Å². The summed E-state index contributed by atoms with van der Waals surface area (Å²) in [7, 11) is 0. The monoisotopic (exact) mass is 204 g/mol. The Morgan fingerprint density at radius 2 is 2.20 bits per heavy atom. The number of rotatable bonds is 3. The second-order valence-corrected chi connectivity index (χ2v) is 4.57. The molecule has 0 radical (unpaired) electrons. The number of nitrogens with one attached hydrogen (secondary N) is 1. The zero-order valence-electron chi connectivity index (χ0n) is 9.45. The number of hydrogen-bond donors (Lipinski definition) is 1. The first kappa shape index (κ1) is 10.6. The van der Waals surface area contributed by atoms with E-state index in [2.05, 4.69) is 23.3 Å². The van der Waals surface area contributed by atoms with Crippen LogP contribution in [-0.2, 0) is 6.54 Å². The summed E-state index contributed by atoms with van der Waals surface area (Å²) in [4.78, 5) is 4.33. The van der Waals surface area contributed by atoms with Gasteiger partial charge < -0.3 is 5.32 Å². The first-order valence-corrected chi connectivity index (χ1v) is 5.99. The molecule has 1 N–H and O–H groups in total. The second-order valence-electron chi connectivity index (χ2n) is 4.57. The molecule has 1 saturated carbocycles. The molecule has 0 aromatic carbocycles. The normalized spacial score (nSPS) is 26.5. The first-order chi connectivity index (χ1) is 7.36. The smallest absolute Gasteiger partial charge is 0.0541 e. The lowest BCUT2D eigenvalue weighted by Crippen LogP contribution is -2.36. The minimum Gasteiger partial charge on any atom is -0.308 e. The van der Waals surface area contributed by atoms with E-state index in [9.17, 15) is 0 Å². The van der Waals surface area contributed by atoms with Gasteiger partial charge in [-0.3, -0.25) is 4.98 Å². The van der Waals surface area contributed by atoms with E-state index in [1.165, 1.54) is 25.7 Å². The number of aromatic nitrogens is 1. The Bertz CT molecular complexity index is 284. The lowest BCUT2D eigenvalue weighted by atomic mass is 9.86. The van der Waals surface area contributed by atoms with Crippen LogP contribution in [0.1, 0.15) is 38.3 Å². The van der Waals surface area contributed by atoms with E-state index in [-0.39, 0.29) is 0 Å². The largest absolute Gasteiger partial charge is 0.308 e. The van der Waals surface area contributed by atoms with Crippen molar-refractivity contribution in [3.63, 3.8) is 0 Å². The Kier molecular flexibility index (Phi) is 3.73. The molecule has 0 aliphatic heterocycles. The maximum atomic E-state index is 4.33. The molecule has 1 aliphatic carbocycles. The highest BCUT2D eigenvalue weighted by Gasteiger charge is 2.20. The molecule has 0 spiro atoms. The van der Waals surface area contributed by atoms with Crippen molar-refractivity contribution >= 4 is 0 Å².